The number of carbonyl (C=O) groups excluding carboxylic acids is 1. The predicted molar refractivity (Wildman–Crippen MR) is 111 cm³/mol. The molecule has 0 saturated heterocycles. The number of nitrogens with one attached hydrogen (secondary N) is 2. The van der Waals surface area contributed by atoms with Gasteiger partial charge in [0.1, 0.15) is 0 Å². The Kier molecular flexibility index (Phi) is 5.71. The summed E-state index contributed by atoms with van der Waals surface area (Å²) >= 11 is 0. The highest BCUT2D eigenvalue weighted by Crippen LogP contribution is 2.22. The van der Waals surface area contributed by atoms with Crippen LogP contribution in [-0.4, -0.2) is 49.5 Å². The maximum Gasteiger partial charge on any atom is 0.253 e. The van der Waals surface area contributed by atoms with E-state index in [-0.39, 0.29) is 18.1 Å². The van der Waals surface area contributed by atoms with Crippen LogP contribution in [0.15, 0.2) is 36.7 Å². The third kappa shape index (κ3) is 4.71. The Morgan fingerprint density at radius 3 is 2.83 bits per heavy atom. The standard InChI is InChI=1S/C21H26N6O2/c1-14-9-11-27(26-14)12-10-22-20(29)18-4-2-3-15-13-23-21(25-19(15)18)24-16-5-7-17(28)8-6-16/h2-4,9,11,13,16-17,28H,5-8,10,12H2,1H3,(H,22,29)(H,23,24,25). The molecule has 0 unspecified atom stereocenters. The number of amides is 1. The van der Waals surface area contributed by atoms with Crippen molar-refractivity contribution >= 4 is 22.8 Å². The van der Waals surface area contributed by atoms with Crippen molar-refractivity contribution in [3.63, 3.8) is 0 Å². The number of hydrogen-bond donors (Lipinski definition) is 3. The number of aromatic nitrogens is 4. The van der Waals surface area contributed by atoms with Gasteiger partial charge in [-0.1, -0.05) is 12.1 Å². The Morgan fingerprint density at radius 2 is 2.07 bits per heavy atom. The number of hydrogen-bond acceptors (Lipinski definition) is 6. The van der Waals surface area contributed by atoms with Crippen molar-refractivity contribution in [1.29, 1.82) is 0 Å². The van der Waals surface area contributed by atoms with Crippen LogP contribution in [0.1, 0.15) is 41.7 Å². The number of rotatable bonds is 6. The molecular formula is C21H26N6O2. The molecule has 0 aliphatic heterocycles. The molecule has 0 radical (unpaired) electrons. The van der Waals surface area contributed by atoms with Crippen molar-refractivity contribution in [2.24, 2.45) is 0 Å². The summed E-state index contributed by atoms with van der Waals surface area (Å²) in [5, 5.41) is 21.1. The fraction of sp³-hybridized carbons (Fsp3) is 0.429. The van der Waals surface area contributed by atoms with Crippen molar-refractivity contribution in [3.8, 4) is 0 Å². The second-order valence-corrected chi connectivity index (χ2v) is 7.56. The number of carbonyl (C=O) groups is 1. The Hall–Kier alpha value is -3.00. The Bertz CT molecular complexity index is 994. The van der Waals surface area contributed by atoms with Gasteiger partial charge >= 0.3 is 0 Å². The summed E-state index contributed by atoms with van der Waals surface area (Å²) in [5.41, 5.74) is 2.12. The number of anilines is 1. The summed E-state index contributed by atoms with van der Waals surface area (Å²) in [6, 6.07) is 7.70. The van der Waals surface area contributed by atoms with Gasteiger partial charge in [0.05, 0.1) is 29.4 Å². The highest BCUT2D eigenvalue weighted by molar-refractivity contribution is 6.05. The number of aliphatic hydroxyl groups is 1. The number of aliphatic hydroxyl groups excluding tert-OH is 1. The van der Waals surface area contributed by atoms with Gasteiger partial charge in [0.15, 0.2) is 0 Å². The van der Waals surface area contributed by atoms with E-state index in [0.29, 0.717) is 30.1 Å². The molecule has 3 aromatic rings. The zero-order chi connectivity index (χ0) is 20.2. The van der Waals surface area contributed by atoms with E-state index in [2.05, 4.69) is 25.7 Å². The van der Waals surface area contributed by atoms with Crippen LogP contribution in [-0.2, 0) is 6.54 Å². The number of aryl methyl sites for hydroxylation is 1. The summed E-state index contributed by atoms with van der Waals surface area (Å²) < 4.78 is 1.81. The van der Waals surface area contributed by atoms with E-state index in [1.54, 1.807) is 12.3 Å². The number of benzene rings is 1. The fourth-order valence-electron chi connectivity index (χ4n) is 3.68. The van der Waals surface area contributed by atoms with Gasteiger partial charge in [-0.05, 0) is 44.7 Å². The molecule has 1 aromatic carbocycles. The molecule has 1 amide bonds. The highest BCUT2D eigenvalue weighted by atomic mass is 16.3. The first-order valence-corrected chi connectivity index (χ1v) is 10.1. The molecule has 0 bridgehead atoms. The smallest absolute Gasteiger partial charge is 0.253 e. The first-order valence-electron chi connectivity index (χ1n) is 10.1. The summed E-state index contributed by atoms with van der Waals surface area (Å²) in [7, 11) is 0. The molecule has 8 heteroatoms. The van der Waals surface area contributed by atoms with Gasteiger partial charge in [0, 0.05) is 30.4 Å². The van der Waals surface area contributed by atoms with E-state index in [9.17, 15) is 9.90 Å². The Labute approximate surface area is 169 Å². The Morgan fingerprint density at radius 1 is 1.24 bits per heavy atom. The minimum atomic E-state index is -0.202. The lowest BCUT2D eigenvalue weighted by atomic mass is 9.93. The monoisotopic (exact) mass is 394 g/mol. The van der Waals surface area contributed by atoms with Gasteiger partial charge in [0.25, 0.3) is 5.91 Å². The fourth-order valence-corrected chi connectivity index (χ4v) is 3.68. The van der Waals surface area contributed by atoms with E-state index in [4.69, 9.17) is 0 Å². The van der Waals surface area contributed by atoms with Crippen LogP contribution in [0.25, 0.3) is 10.9 Å². The van der Waals surface area contributed by atoms with Crippen LogP contribution in [0.2, 0.25) is 0 Å². The van der Waals surface area contributed by atoms with E-state index in [1.807, 2.05) is 36.0 Å². The van der Waals surface area contributed by atoms with Crippen LogP contribution in [0.5, 0.6) is 0 Å². The first-order chi connectivity index (χ1) is 14.1. The minimum absolute atomic E-state index is 0.162. The maximum atomic E-state index is 12.7. The van der Waals surface area contributed by atoms with Crippen molar-refractivity contribution < 1.29 is 9.90 Å². The van der Waals surface area contributed by atoms with Gasteiger partial charge in [0.2, 0.25) is 5.95 Å². The molecule has 1 saturated carbocycles. The Balaban J connectivity index is 1.45. The van der Waals surface area contributed by atoms with E-state index >= 15 is 0 Å². The third-order valence-electron chi connectivity index (χ3n) is 5.29. The van der Waals surface area contributed by atoms with E-state index in [1.165, 1.54) is 0 Å². The molecule has 4 rings (SSSR count). The van der Waals surface area contributed by atoms with Crippen LogP contribution in [0.4, 0.5) is 5.95 Å². The number of nitrogens with zero attached hydrogens (tertiary/aromatic N) is 4. The van der Waals surface area contributed by atoms with E-state index in [0.717, 1.165) is 36.8 Å². The lowest BCUT2D eigenvalue weighted by Gasteiger charge is -2.26. The normalized spacial score (nSPS) is 19.2. The van der Waals surface area contributed by atoms with Crippen LogP contribution in [0, 0.1) is 6.92 Å². The first kappa shape index (κ1) is 19.3. The molecule has 1 aliphatic carbocycles. The summed E-state index contributed by atoms with van der Waals surface area (Å²) in [4.78, 5) is 21.8. The minimum Gasteiger partial charge on any atom is -0.393 e. The van der Waals surface area contributed by atoms with Crippen molar-refractivity contribution in [1.82, 2.24) is 25.1 Å². The molecule has 0 spiro atoms. The largest absolute Gasteiger partial charge is 0.393 e. The molecule has 1 aliphatic rings. The third-order valence-corrected chi connectivity index (χ3v) is 5.29. The lowest BCUT2D eigenvalue weighted by Crippen LogP contribution is -2.29. The summed E-state index contributed by atoms with van der Waals surface area (Å²) in [6.07, 6.45) is 6.78. The zero-order valence-electron chi connectivity index (χ0n) is 16.5. The second kappa shape index (κ2) is 8.57. The highest BCUT2D eigenvalue weighted by Gasteiger charge is 2.20. The molecule has 0 atom stereocenters. The van der Waals surface area contributed by atoms with Gasteiger partial charge in [-0.15, -0.1) is 0 Å². The van der Waals surface area contributed by atoms with Gasteiger partial charge < -0.3 is 15.7 Å². The second-order valence-electron chi connectivity index (χ2n) is 7.56. The summed E-state index contributed by atoms with van der Waals surface area (Å²) in [6.45, 7) is 3.03. The van der Waals surface area contributed by atoms with Crippen LogP contribution >= 0.6 is 0 Å². The van der Waals surface area contributed by atoms with Crippen LogP contribution in [0.3, 0.4) is 0 Å². The summed E-state index contributed by atoms with van der Waals surface area (Å²) in [5.74, 6) is 0.357. The average molecular weight is 394 g/mol. The number of fused-ring (bicyclic) bond motifs is 1. The van der Waals surface area contributed by atoms with Gasteiger partial charge in [-0.25, -0.2) is 9.97 Å². The SMILES string of the molecule is Cc1ccn(CCNC(=O)c2cccc3cnc(NC4CCC(O)CC4)nc23)n1. The number of para-hydroxylation sites is 1. The van der Waals surface area contributed by atoms with Gasteiger partial charge in [-0.2, -0.15) is 5.10 Å². The topological polar surface area (TPSA) is 105 Å². The van der Waals surface area contributed by atoms with Gasteiger partial charge in [-0.3, -0.25) is 9.48 Å². The molecule has 8 nitrogen and oxygen atoms in total. The molecule has 3 N–H and O–H groups in total. The molecule has 1 fully saturated rings. The molecule has 2 aromatic heterocycles. The van der Waals surface area contributed by atoms with Crippen molar-refractivity contribution in [3.05, 3.63) is 47.9 Å². The lowest BCUT2D eigenvalue weighted by molar-refractivity contribution is 0.0953. The average Bonchev–Trinajstić information content (AvgIpc) is 3.14. The molecular weight excluding hydrogens is 368 g/mol. The molecule has 152 valence electrons. The molecule has 29 heavy (non-hydrogen) atoms. The zero-order valence-corrected chi connectivity index (χ0v) is 16.5. The quantitative estimate of drug-likeness (QED) is 0.592. The van der Waals surface area contributed by atoms with Crippen LogP contribution < -0.4 is 10.6 Å². The maximum absolute atomic E-state index is 12.7. The molecule has 2 heterocycles. The predicted octanol–water partition coefficient (Wildman–Crippen LogP) is 2.28. The van der Waals surface area contributed by atoms with Crippen molar-refractivity contribution in [2.75, 3.05) is 11.9 Å². The van der Waals surface area contributed by atoms with E-state index < -0.39 is 0 Å². The van der Waals surface area contributed by atoms with Crippen molar-refractivity contribution in [2.45, 2.75) is 51.3 Å².